The molecule has 2 aliphatic heterocycles. The van der Waals surface area contributed by atoms with Crippen LogP contribution in [0.25, 0.3) is 10.1 Å². The molecule has 2 atom stereocenters. The van der Waals surface area contributed by atoms with E-state index in [1.54, 1.807) is 18.4 Å². The lowest BCUT2D eigenvalue weighted by atomic mass is 9.99. The molecule has 1 aromatic heterocycles. The number of carbonyl (C=O) groups is 1. The van der Waals surface area contributed by atoms with E-state index >= 15 is 0 Å². The molecular formula is C23H32ClN3O3S. The van der Waals surface area contributed by atoms with E-state index < -0.39 is 0 Å². The Morgan fingerprint density at radius 1 is 1.23 bits per heavy atom. The number of benzene rings is 1. The monoisotopic (exact) mass is 465 g/mol. The third kappa shape index (κ3) is 5.70. The fourth-order valence-corrected chi connectivity index (χ4v) is 5.44. The van der Waals surface area contributed by atoms with Gasteiger partial charge in [-0.05, 0) is 43.5 Å². The van der Waals surface area contributed by atoms with Crippen LogP contribution in [0.4, 0.5) is 0 Å². The highest BCUT2D eigenvalue weighted by atomic mass is 35.5. The zero-order valence-corrected chi connectivity index (χ0v) is 20.1. The van der Waals surface area contributed by atoms with Crippen LogP contribution in [0.1, 0.15) is 44.4 Å². The van der Waals surface area contributed by atoms with Crippen LogP contribution in [-0.4, -0.2) is 49.9 Å². The van der Waals surface area contributed by atoms with E-state index in [9.17, 15) is 4.79 Å². The number of methoxy groups -OCH3 is 1. The van der Waals surface area contributed by atoms with Crippen molar-refractivity contribution in [2.75, 3.05) is 33.4 Å². The second-order valence-electron chi connectivity index (χ2n) is 8.57. The van der Waals surface area contributed by atoms with Gasteiger partial charge < -0.3 is 14.4 Å². The molecule has 0 spiro atoms. The SMILES string of the molecule is COc1cc2sc(C3=NNC(=O)CC3C)cc2cc1OCC(C)CN1CCCCC1.Cl. The first kappa shape index (κ1) is 23.8. The van der Waals surface area contributed by atoms with Crippen LogP contribution in [0.5, 0.6) is 11.5 Å². The molecule has 0 radical (unpaired) electrons. The second-order valence-corrected chi connectivity index (χ2v) is 9.65. The van der Waals surface area contributed by atoms with Gasteiger partial charge in [-0.15, -0.1) is 23.7 Å². The van der Waals surface area contributed by atoms with E-state index in [-0.39, 0.29) is 24.2 Å². The number of nitrogens with zero attached hydrogens (tertiary/aromatic N) is 2. The van der Waals surface area contributed by atoms with Crippen molar-refractivity contribution in [1.82, 2.24) is 10.3 Å². The summed E-state index contributed by atoms with van der Waals surface area (Å²) in [7, 11) is 1.68. The van der Waals surface area contributed by atoms with Gasteiger partial charge in [-0.2, -0.15) is 5.10 Å². The molecule has 6 nitrogen and oxygen atoms in total. The van der Waals surface area contributed by atoms with Gasteiger partial charge in [0.1, 0.15) is 0 Å². The summed E-state index contributed by atoms with van der Waals surface area (Å²) in [6, 6.07) is 6.24. The van der Waals surface area contributed by atoms with Crippen LogP contribution in [0.2, 0.25) is 0 Å². The van der Waals surface area contributed by atoms with Crippen LogP contribution in [0.15, 0.2) is 23.3 Å². The largest absolute Gasteiger partial charge is 0.493 e. The van der Waals surface area contributed by atoms with Gasteiger partial charge >= 0.3 is 0 Å². The number of thiophene rings is 1. The number of amides is 1. The molecule has 0 bridgehead atoms. The number of rotatable bonds is 7. The minimum absolute atomic E-state index is 0. The van der Waals surface area contributed by atoms with E-state index in [4.69, 9.17) is 9.47 Å². The fraction of sp³-hybridized carbons (Fsp3) is 0.565. The third-order valence-corrected chi connectivity index (χ3v) is 6.98. The lowest BCUT2D eigenvalue weighted by Gasteiger charge is -2.29. The highest BCUT2D eigenvalue weighted by Gasteiger charge is 2.23. The van der Waals surface area contributed by atoms with Crippen molar-refractivity contribution < 1.29 is 14.3 Å². The van der Waals surface area contributed by atoms with Crippen molar-refractivity contribution in [3.63, 3.8) is 0 Å². The first-order valence-corrected chi connectivity index (χ1v) is 11.7. The molecule has 2 unspecified atom stereocenters. The van der Waals surface area contributed by atoms with E-state index in [0.29, 0.717) is 18.9 Å². The standard InChI is InChI=1S/C23H31N3O3S.ClH/c1-15(13-26-7-5-4-6-8-26)14-29-19-10-17-11-21(30-20(17)12-18(19)28-3)23-16(2)9-22(27)24-25-23;/h10-12,15-16H,4-9,13-14H2,1-3H3,(H,24,27);1H. The van der Waals surface area contributed by atoms with E-state index in [0.717, 1.165) is 38.7 Å². The zero-order chi connectivity index (χ0) is 21.1. The molecular weight excluding hydrogens is 434 g/mol. The number of piperidine rings is 1. The number of ether oxygens (including phenoxy) is 2. The molecule has 2 aromatic rings. The molecule has 0 aliphatic carbocycles. The zero-order valence-electron chi connectivity index (χ0n) is 18.5. The Kier molecular flexibility index (Phi) is 8.19. The summed E-state index contributed by atoms with van der Waals surface area (Å²) in [6.07, 6.45) is 4.46. The van der Waals surface area contributed by atoms with Crippen molar-refractivity contribution in [1.29, 1.82) is 0 Å². The van der Waals surface area contributed by atoms with Crippen LogP contribution in [0.3, 0.4) is 0 Å². The van der Waals surface area contributed by atoms with Crippen molar-refractivity contribution in [3.8, 4) is 11.5 Å². The molecule has 0 saturated carbocycles. The van der Waals surface area contributed by atoms with Crippen molar-refractivity contribution in [2.24, 2.45) is 16.9 Å². The average Bonchev–Trinajstić information content (AvgIpc) is 3.14. The quantitative estimate of drug-likeness (QED) is 0.644. The first-order valence-electron chi connectivity index (χ1n) is 10.9. The van der Waals surface area contributed by atoms with Gasteiger partial charge in [0.2, 0.25) is 5.91 Å². The number of hydrogen-bond acceptors (Lipinski definition) is 6. The summed E-state index contributed by atoms with van der Waals surface area (Å²) in [6.45, 7) is 8.46. The summed E-state index contributed by atoms with van der Waals surface area (Å²) in [5.41, 5.74) is 3.55. The summed E-state index contributed by atoms with van der Waals surface area (Å²) >= 11 is 1.67. The second kappa shape index (κ2) is 10.7. The highest BCUT2D eigenvalue weighted by Crippen LogP contribution is 2.38. The number of nitrogens with one attached hydrogen (secondary N) is 1. The lowest BCUT2D eigenvalue weighted by Crippen LogP contribution is -2.35. The Morgan fingerprint density at radius 2 is 2.00 bits per heavy atom. The van der Waals surface area contributed by atoms with Gasteiger partial charge in [0.15, 0.2) is 11.5 Å². The van der Waals surface area contributed by atoms with Gasteiger partial charge in [-0.1, -0.05) is 20.3 Å². The Balaban J connectivity index is 0.00000272. The molecule has 1 fully saturated rings. The Bertz CT molecular complexity index is 940. The van der Waals surface area contributed by atoms with Crippen molar-refractivity contribution in [3.05, 3.63) is 23.1 Å². The van der Waals surface area contributed by atoms with Crippen LogP contribution >= 0.6 is 23.7 Å². The van der Waals surface area contributed by atoms with Gasteiger partial charge in [-0.3, -0.25) is 4.79 Å². The predicted octanol–water partition coefficient (Wildman–Crippen LogP) is 4.69. The van der Waals surface area contributed by atoms with Gasteiger partial charge in [0.05, 0.1) is 24.3 Å². The maximum atomic E-state index is 11.6. The minimum atomic E-state index is -0.0246. The average molecular weight is 466 g/mol. The summed E-state index contributed by atoms with van der Waals surface area (Å²) < 4.78 is 12.9. The van der Waals surface area contributed by atoms with E-state index in [1.165, 1.54) is 32.4 Å². The summed E-state index contributed by atoms with van der Waals surface area (Å²) in [4.78, 5) is 15.2. The molecule has 1 amide bonds. The van der Waals surface area contributed by atoms with Crippen LogP contribution in [0, 0.1) is 11.8 Å². The van der Waals surface area contributed by atoms with Crippen LogP contribution in [-0.2, 0) is 4.79 Å². The molecule has 8 heteroatoms. The Morgan fingerprint density at radius 3 is 2.71 bits per heavy atom. The van der Waals surface area contributed by atoms with Gasteiger partial charge in [-0.25, -0.2) is 5.43 Å². The third-order valence-electron chi connectivity index (χ3n) is 5.86. The van der Waals surface area contributed by atoms with E-state index in [2.05, 4.69) is 34.5 Å². The van der Waals surface area contributed by atoms with Crippen molar-refractivity contribution in [2.45, 2.75) is 39.5 Å². The number of hydrogen-bond donors (Lipinski definition) is 1. The topological polar surface area (TPSA) is 63.2 Å². The highest BCUT2D eigenvalue weighted by molar-refractivity contribution is 7.21. The molecule has 31 heavy (non-hydrogen) atoms. The Labute approximate surface area is 194 Å². The molecule has 1 aromatic carbocycles. The molecule has 170 valence electrons. The molecule has 2 aliphatic rings. The number of carbonyl (C=O) groups excluding carboxylic acids is 1. The number of hydrazone groups is 1. The molecule has 4 rings (SSSR count). The number of fused-ring (bicyclic) bond motifs is 1. The maximum Gasteiger partial charge on any atom is 0.240 e. The first-order chi connectivity index (χ1) is 14.5. The molecule has 1 N–H and O–H groups in total. The minimum Gasteiger partial charge on any atom is -0.493 e. The fourth-order valence-electron chi connectivity index (χ4n) is 4.26. The van der Waals surface area contributed by atoms with Crippen LogP contribution < -0.4 is 14.9 Å². The predicted molar refractivity (Wildman–Crippen MR) is 129 cm³/mol. The van der Waals surface area contributed by atoms with Gasteiger partial charge in [0, 0.05) is 35.6 Å². The number of halogens is 1. The number of likely N-dealkylation sites (tertiary alicyclic amines) is 1. The summed E-state index contributed by atoms with van der Waals surface area (Å²) in [5, 5.41) is 5.41. The smallest absolute Gasteiger partial charge is 0.240 e. The molecule has 1 saturated heterocycles. The van der Waals surface area contributed by atoms with Gasteiger partial charge in [0.25, 0.3) is 0 Å². The Hall–Kier alpha value is -1.83. The molecule has 3 heterocycles. The van der Waals surface area contributed by atoms with E-state index in [1.807, 2.05) is 13.0 Å². The van der Waals surface area contributed by atoms with Crippen molar-refractivity contribution >= 4 is 45.4 Å². The normalized spacial score (nSPS) is 20.5. The lowest BCUT2D eigenvalue weighted by molar-refractivity contribution is -0.121. The summed E-state index contributed by atoms with van der Waals surface area (Å²) in [5.74, 6) is 2.09. The maximum absolute atomic E-state index is 11.6.